The van der Waals surface area contributed by atoms with Crippen LogP contribution in [0.1, 0.15) is 33.1 Å². The molecule has 1 saturated carbocycles. The zero-order valence-corrected chi connectivity index (χ0v) is 10.1. The Bertz CT molecular complexity index is 276. The largest absolute Gasteiger partial charge is 0.406 e. The van der Waals surface area contributed by atoms with E-state index < -0.39 is 24.7 Å². The molecule has 0 aromatic heterocycles. The van der Waals surface area contributed by atoms with Gasteiger partial charge in [0.2, 0.25) is 5.91 Å². The number of alkyl halides is 3. The van der Waals surface area contributed by atoms with Gasteiger partial charge in [-0.2, -0.15) is 13.2 Å². The minimum absolute atomic E-state index is 0.199. The minimum Gasteiger partial charge on any atom is -0.329 e. The lowest BCUT2D eigenvalue weighted by atomic mass is 10.1. The van der Waals surface area contributed by atoms with E-state index in [9.17, 15) is 18.0 Å². The Labute approximate surface area is 99.1 Å². The molecule has 0 aromatic carbocycles. The van der Waals surface area contributed by atoms with E-state index in [2.05, 4.69) is 0 Å². The number of nitrogens with zero attached hydrogens (tertiary/aromatic N) is 1. The molecule has 1 rings (SSSR count). The fourth-order valence-corrected chi connectivity index (χ4v) is 1.84. The topological polar surface area (TPSA) is 46.3 Å². The molecule has 2 atom stereocenters. The summed E-state index contributed by atoms with van der Waals surface area (Å²) in [5.41, 5.74) is 5.54. The maximum Gasteiger partial charge on any atom is 0.406 e. The van der Waals surface area contributed by atoms with Gasteiger partial charge in [0.25, 0.3) is 0 Å². The summed E-state index contributed by atoms with van der Waals surface area (Å²) in [5.74, 6) is -0.394. The Morgan fingerprint density at radius 1 is 1.47 bits per heavy atom. The Hall–Kier alpha value is -0.780. The number of rotatable bonds is 5. The highest BCUT2D eigenvalue weighted by molar-refractivity contribution is 5.82. The van der Waals surface area contributed by atoms with Crippen LogP contribution in [0, 0.1) is 5.92 Å². The van der Waals surface area contributed by atoms with Crippen molar-refractivity contribution < 1.29 is 18.0 Å². The van der Waals surface area contributed by atoms with Crippen LogP contribution in [0.3, 0.4) is 0 Å². The quantitative estimate of drug-likeness (QED) is 0.812. The van der Waals surface area contributed by atoms with Crippen molar-refractivity contribution in [3.63, 3.8) is 0 Å². The monoisotopic (exact) mass is 252 g/mol. The number of amides is 1. The van der Waals surface area contributed by atoms with Gasteiger partial charge < -0.3 is 10.6 Å². The van der Waals surface area contributed by atoms with Gasteiger partial charge in [0.05, 0.1) is 6.04 Å². The highest BCUT2D eigenvalue weighted by atomic mass is 19.4. The second-order valence-electron chi connectivity index (χ2n) is 4.67. The molecule has 100 valence electrons. The molecular weight excluding hydrogens is 233 g/mol. The maximum absolute atomic E-state index is 12.4. The van der Waals surface area contributed by atoms with Crippen molar-refractivity contribution in [1.82, 2.24) is 4.90 Å². The van der Waals surface area contributed by atoms with Crippen LogP contribution in [0.4, 0.5) is 13.2 Å². The van der Waals surface area contributed by atoms with E-state index in [4.69, 9.17) is 5.73 Å². The van der Waals surface area contributed by atoms with E-state index in [1.807, 2.05) is 0 Å². The van der Waals surface area contributed by atoms with Gasteiger partial charge in [-0.05, 0) is 32.1 Å². The van der Waals surface area contributed by atoms with Crippen LogP contribution in [0.5, 0.6) is 0 Å². The van der Waals surface area contributed by atoms with Crippen LogP contribution < -0.4 is 5.73 Å². The van der Waals surface area contributed by atoms with E-state index in [1.165, 1.54) is 0 Å². The lowest BCUT2D eigenvalue weighted by molar-refractivity contribution is -0.166. The molecule has 1 aliphatic rings. The minimum atomic E-state index is -4.37. The SMILES string of the molecule is CC[C@@H](N)C(=O)N(CC(F)(F)F)C(C)C1CC1. The summed E-state index contributed by atoms with van der Waals surface area (Å²) in [6, 6.07) is -1.21. The molecular formula is C11H19F3N2O. The average molecular weight is 252 g/mol. The number of nitrogens with two attached hydrogens (primary N) is 1. The fraction of sp³-hybridized carbons (Fsp3) is 0.909. The maximum atomic E-state index is 12.4. The van der Waals surface area contributed by atoms with Crippen LogP contribution in [0.25, 0.3) is 0 Å². The molecule has 0 radical (unpaired) electrons. The molecule has 0 aliphatic heterocycles. The van der Waals surface area contributed by atoms with E-state index >= 15 is 0 Å². The summed E-state index contributed by atoms with van der Waals surface area (Å²) < 4.78 is 37.3. The number of halogens is 3. The van der Waals surface area contributed by atoms with E-state index in [1.54, 1.807) is 13.8 Å². The van der Waals surface area contributed by atoms with Gasteiger partial charge in [0, 0.05) is 6.04 Å². The third-order valence-corrected chi connectivity index (χ3v) is 3.19. The zero-order valence-electron chi connectivity index (χ0n) is 10.1. The third kappa shape index (κ3) is 4.18. The van der Waals surface area contributed by atoms with Crippen LogP contribution in [0.15, 0.2) is 0 Å². The molecule has 17 heavy (non-hydrogen) atoms. The molecule has 1 unspecified atom stereocenters. The Kier molecular flexibility index (Phi) is 4.41. The van der Waals surface area contributed by atoms with Crippen LogP contribution in [0.2, 0.25) is 0 Å². The van der Waals surface area contributed by atoms with Gasteiger partial charge in [0.1, 0.15) is 6.54 Å². The van der Waals surface area contributed by atoms with Gasteiger partial charge in [-0.15, -0.1) is 0 Å². The van der Waals surface area contributed by atoms with E-state index in [-0.39, 0.29) is 12.0 Å². The second kappa shape index (κ2) is 5.25. The molecule has 2 N–H and O–H groups in total. The Morgan fingerprint density at radius 3 is 2.35 bits per heavy atom. The summed E-state index contributed by atoms with van der Waals surface area (Å²) in [5, 5.41) is 0. The highest BCUT2D eigenvalue weighted by Gasteiger charge is 2.41. The summed E-state index contributed by atoms with van der Waals surface area (Å²) in [4.78, 5) is 12.7. The van der Waals surface area contributed by atoms with Crippen molar-refractivity contribution in [3.05, 3.63) is 0 Å². The summed E-state index contributed by atoms with van der Waals surface area (Å²) in [6.07, 6.45) is -2.23. The first kappa shape index (κ1) is 14.3. The van der Waals surface area contributed by atoms with Crippen molar-refractivity contribution in [1.29, 1.82) is 0 Å². The third-order valence-electron chi connectivity index (χ3n) is 3.19. The number of hydrogen-bond donors (Lipinski definition) is 1. The lowest BCUT2D eigenvalue weighted by Gasteiger charge is -2.32. The van der Waals surface area contributed by atoms with Gasteiger partial charge in [-0.25, -0.2) is 0 Å². The van der Waals surface area contributed by atoms with Crippen molar-refractivity contribution >= 4 is 5.91 Å². The molecule has 0 aromatic rings. The van der Waals surface area contributed by atoms with Crippen molar-refractivity contribution in [2.24, 2.45) is 11.7 Å². The van der Waals surface area contributed by atoms with Crippen molar-refractivity contribution in [3.8, 4) is 0 Å². The van der Waals surface area contributed by atoms with Crippen LogP contribution in [-0.4, -0.2) is 35.6 Å². The lowest BCUT2D eigenvalue weighted by Crippen LogP contribution is -2.51. The van der Waals surface area contributed by atoms with Gasteiger partial charge in [-0.1, -0.05) is 6.92 Å². The molecule has 1 aliphatic carbocycles. The first-order valence-corrected chi connectivity index (χ1v) is 5.89. The van der Waals surface area contributed by atoms with Gasteiger partial charge >= 0.3 is 6.18 Å². The molecule has 1 amide bonds. The zero-order chi connectivity index (χ0) is 13.2. The molecule has 0 saturated heterocycles. The standard InChI is InChI=1S/C11H19F3N2O/c1-3-9(15)10(17)16(6-11(12,13)14)7(2)8-4-5-8/h7-9H,3-6,15H2,1-2H3/t7?,9-/m1/s1. The fourth-order valence-electron chi connectivity index (χ4n) is 1.84. The number of hydrogen-bond acceptors (Lipinski definition) is 2. The summed E-state index contributed by atoms with van der Waals surface area (Å²) >= 11 is 0. The predicted molar refractivity (Wildman–Crippen MR) is 58.2 cm³/mol. The second-order valence-corrected chi connectivity index (χ2v) is 4.67. The number of carbonyl (C=O) groups is 1. The first-order chi connectivity index (χ1) is 7.76. The Morgan fingerprint density at radius 2 is 2.00 bits per heavy atom. The van der Waals surface area contributed by atoms with Crippen molar-refractivity contribution in [2.75, 3.05) is 6.54 Å². The van der Waals surface area contributed by atoms with Crippen LogP contribution in [-0.2, 0) is 4.79 Å². The van der Waals surface area contributed by atoms with E-state index in [0.717, 1.165) is 17.7 Å². The van der Waals surface area contributed by atoms with Gasteiger partial charge in [-0.3, -0.25) is 4.79 Å². The van der Waals surface area contributed by atoms with Gasteiger partial charge in [0.15, 0.2) is 0 Å². The first-order valence-electron chi connectivity index (χ1n) is 5.89. The molecule has 1 fully saturated rings. The molecule has 0 bridgehead atoms. The smallest absolute Gasteiger partial charge is 0.329 e. The molecule has 6 heteroatoms. The summed E-state index contributed by atoms with van der Waals surface area (Å²) in [7, 11) is 0. The normalized spacial score (nSPS) is 19.9. The average Bonchev–Trinajstić information content (AvgIpc) is 3.05. The van der Waals surface area contributed by atoms with Crippen molar-refractivity contribution in [2.45, 2.75) is 51.4 Å². The van der Waals surface area contributed by atoms with E-state index in [0.29, 0.717) is 6.42 Å². The predicted octanol–water partition coefficient (Wildman–Crippen LogP) is 1.91. The molecule has 0 heterocycles. The summed E-state index contributed by atoms with van der Waals surface area (Å²) in [6.45, 7) is 2.16. The highest BCUT2D eigenvalue weighted by Crippen LogP contribution is 2.36. The molecule has 3 nitrogen and oxygen atoms in total. The van der Waals surface area contributed by atoms with Crippen LogP contribution >= 0.6 is 0 Å². The Balaban J connectivity index is 2.73. The molecule has 0 spiro atoms. The number of carbonyl (C=O) groups excluding carboxylic acids is 1.